The van der Waals surface area contributed by atoms with Gasteiger partial charge in [-0.05, 0) is 13.8 Å². The molecule has 0 aliphatic carbocycles. The van der Waals surface area contributed by atoms with Crippen LogP contribution in [0.5, 0.6) is 0 Å². The minimum Gasteiger partial charge on any atom is -0.871 e. The second-order valence-electron chi connectivity index (χ2n) is 1.87. The Labute approximate surface area is 152 Å². The van der Waals surface area contributed by atoms with Gasteiger partial charge in [0.25, 0.3) is 0 Å². The third-order valence-electron chi connectivity index (χ3n) is 1.01. The summed E-state index contributed by atoms with van der Waals surface area (Å²) < 4.78 is 4.15. The Hall–Kier alpha value is 3.18. The fourth-order valence-electron chi connectivity index (χ4n) is 0.289. The number of rotatable bonds is 3. The fraction of sp³-hybridized carbons (Fsp3) is 1.00. The van der Waals surface area contributed by atoms with E-state index in [1.165, 1.54) is 13.8 Å². The summed E-state index contributed by atoms with van der Waals surface area (Å²) in [5.74, 6) is 0. The van der Waals surface area contributed by atoms with Crippen LogP contribution < -0.4 is 113 Å². The summed E-state index contributed by atoms with van der Waals surface area (Å²) in [5.41, 5.74) is 0. The van der Waals surface area contributed by atoms with Gasteiger partial charge in [-0.2, -0.15) is 0 Å². The molecule has 4 nitrogen and oxygen atoms in total. The molecule has 54 valence electrons. The Morgan fingerprint density at radius 2 is 1.64 bits per heavy atom. The molecule has 0 aliphatic heterocycles. The molecule has 0 bridgehead atoms. The fourth-order valence-corrected chi connectivity index (χ4v) is 0.289. The van der Waals surface area contributed by atoms with Crippen LogP contribution >= 0.6 is 0 Å². The number of hydrogen-bond donors (Lipinski definition) is 1. The van der Waals surface area contributed by atoms with Crippen LogP contribution in [0.25, 0.3) is 0 Å². The summed E-state index contributed by atoms with van der Waals surface area (Å²) in [5, 5.41) is 28.2. The molecular weight excluding hydrogens is 201 g/mol. The average molecular weight is 210 g/mol. The van der Waals surface area contributed by atoms with E-state index in [0.29, 0.717) is 0 Å². The summed E-state index contributed by atoms with van der Waals surface area (Å²) in [7, 11) is -2.30. The van der Waals surface area contributed by atoms with Crippen LogP contribution in [-0.4, -0.2) is 24.6 Å². The van der Waals surface area contributed by atoms with Crippen LogP contribution in [0.3, 0.4) is 0 Å². The van der Waals surface area contributed by atoms with E-state index in [9.17, 15) is 10.0 Å². The first kappa shape index (κ1) is 19.7. The van der Waals surface area contributed by atoms with Gasteiger partial charge >= 0.3 is 103 Å². The zero-order valence-electron chi connectivity index (χ0n) is 7.40. The quantitative estimate of drug-likeness (QED) is 0.469. The molecule has 0 amide bonds. The Morgan fingerprint density at radius 1 is 1.27 bits per heavy atom. The van der Waals surface area contributed by atoms with Crippen molar-refractivity contribution in [2.45, 2.75) is 26.1 Å². The van der Waals surface area contributed by atoms with Gasteiger partial charge in [0, 0.05) is 0 Å². The standard InChI is InChI=1S/C4H9BO4.2K/c1-3(6)4(2)9-5(7)8;;/h3-4,6H,1-2H3;;/q-2;2*+1. The van der Waals surface area contributed by atoms with E-state index >= 15 is 0 Å². The van der Waals surface area contributed by atoms with Gasteiger partial charge in [0.15, 0.2) is 0 Å². The molecule has 0 rings (SSSR count). The monoisotopic (exact) mass is 210 g/mol. The average Bonchev–Trinajstić information content (AvgIpc) is 1.63. The van der Waals surface area contributed by atoms with Crippen molar-refractivity contribution in [3.05, 3.63) is 0 Å². The van der Waals surface area contributed by atoms with Crippen molar-refractivity contribution in [2.24, 2.45) is 0 Å². The van der Waals surface area contributed by atoms with E-state index in [4.69, 9.17) is 5.11 Å². The Morgan fingerprint density at radius 3 is 1.73 bits per heavy atom. The molecule has 0 saturated carbocycles. The Kier molecular flexibility index (Phi) is 20.2. The second kappa shape index (κ2) is 11.3. The normalized spacial score (nSPS) is 13.9. The number of hydrogen-bond acceptors (Lipinski definition) is 4. The number of aliphatic hydroxyl groups excluding tert-OH is 1. The summed E-state index contributed by atoms with van der Waals surface area (Å²) in [4.78, 5) is 0. The molecule has 0 aromatic rings. The number of aliphatic hydroxyl groups is 1. The van der Waals surface area contributed by atoms with Crippen molar-refractivity contribution in [3.63, 3.8) is 0 Å². The first-order valence-corrected chi connectivity index (χ1v) is 2.69. The molecule has 0 heterocycles. The predicted octanol–water partition coefficient (Wildman–Crippen LogP) is -8.51. The van der Waals surface area contributed by atoms with Gasteiger partial charge in [0.1, 0.15) is 0 Å². The van der Waals surface area contributed by atoms with E-state index in [2.05, 4.69) is 4.65 Å². The van der Waals surface area contributed by atoms with Gasteiger partial charge in [-0.15, -0.1) is 0 Å². The molecule has 0 saturated heterocycles. The summed E-state index contributed by atoms with van der Waals surface area (Å²) in [6, 6.07) is 0. The Bertz CT molecular complexity index is 82.5. The molecule has 0 fully saturated rings. The first-order chi connectivity index (χ1) is 4.04. The predicted molar refractivity (Wildman–Crippen MR) is 28.0 cm³/mol. The van der Waals surface area contributed by atoms with E-state index in [1.54, 1.807) is 0 Å². The molecule has 0 aromatic carbocycles. The molecule has 2 unspecified atom stereocenters. The molecular formula is C4H9BK2O4. The van der Waals surface area contributed by atoms with Gasteiger partial charge in [-0.1, -0.05) is 0 Å². The molecule has 11 heavy (non-hydrogen) atoms. The molecule has 0 radical (unpaired) electrons. The van der Waals surface area contributed by atoms with Crippen molar-refractivity contribution in [1.29, 1.82) is 0 Å². The summed E-state index contributed by atoms with van der Waals surface area (Å²) >= 11 is 0. The smallest absolute Gasteiger partial charge is 0.871 e. The Balaban J connectivity index is -0.000000320. The van der Waals surface area contributed by atoms with Gasteiger partial charge in [-0.3, -0.25) is 0 Å². The van der Waals surface area contributed by atoms with Crippen LogP contribution in [0.4, 0.5) is 0 Å². The molecule has 2 atom stereocenters. The zero-order valence-corrected chi connectivity index (χ0v) is 13.7. The van der Waals surface area contributed by atoms with Crippen molar-refractivity contribution < 1.29 is 123 Å². The van der Waals surface area contributed by atoms with Crippen LogP contribution in [0.2, 0.25) is 0 Å². The van der Waals surface area contributed by atoms with Crippen LogP contribution in [0.15, 0.2) is 0 Å². The molecule has 0 spiro atoms. The minimum atomic E-state index is -2.30. The summed E-state index contributed by atoms with van der Waals surface area (Å²) in [6.45, 7) is 2.92. The van der Waals surface area contributed by atoms with Gasteiger partial charge in [0.2, 0.25) is 0 Å². The van der Waals surface area contributed by atoms with Crippen molar-refractivity contribution >= 4 is 7.32 Å². The molecule has 7 heteroatoms. The summed E-state index contributed by atoms with van der Waals surface area (Å²) in [6.07, 6.45) is -1.44. The first-order valence-electron chi connectivity index (χ1n) is 2.69. The van der Waals surface area contributed by atoms with E-state index in [-0.39, 0.29) is 103 Å². The molecule has 1 N–H and O–H groups in total. The van der Waals surface area contributed by atoms with Gasteiger partial charge < -0.3 is 19.8 Å². The third-order valence-corrected chi connectivity index (χ3v) is 1.01. The van der Waals surface area contributed by atoms with E-state index in [1.807, 2.05) is 0 Å². The van der Waals surface area contributed by atoms with Gasteiger partial charge in [0.05, 0.1) is 19.5 Å². The maximum Gasteiger partial charge on any atom is 1.00 e. The molecule has 0 aliphatic rings. The zero-order chi connectivity index (χ0) is 7.44. The minimum absolute atomic E-state index is 0. The molecule has 0 aromatic heterocycles. The van der Waals surface area contributed by atoms with Gasteiger partial charge in [-0.25, -0.2) is 0 Å². The van der Waals surface area contributed by atoms with E-state index < -0.39 is 19.5 Å². The maximum absolute atomic E-state index is 9.75. The second-order valence-corrected chi connectivity index (χ2v) is 1.87. The van der Waals surface area contributed by atoms with Crippen LogP contribution in [0.1, 0.15) is 13.8 Å². The third kappa shape index (κ3) is 13.2. The SMILES string of the molecule is CC(O)C(C)OB([O-])[O-].[K+].[K+]. The van der Waals surface area contributed by atoms with Crippen molar-refractivity contribution in [2.75, 3.05) is 0 Å². The topological polar surface area (TPSA) is 75.6 Å². The van der Waals surface area contributed by atoms with Crippen LogP contribution in [-0.2, 0) is 4.65 Å². The van der Waals surface area contributed by atoms with Crippen molar-refractivity contribution in [1.82, 2.24) is 0 Å². The maximum atomic E-state index is 9.75. The van der Waals surface area contributed by atoms with Crippen molar-refractivity contribution in [3.8, 4) is 0 Å². The van der Waals surface area contributed by atoms with E-state index in [0.717, 1.165) is 0 Å². The largest absolute Gasteiger partial charge is 1.00 e. The van der Waals surface area contributed by atoms with Crippen LogP contribution in [0, 0.1) is 0 Å².